The molecule has 1 spiro atoms. The number of carbonyl (C=O) groups excluding carboxylic acids is 1. The van der Waals surface area contributed by atoms with Crippen molar-refractivity contribution in [2.75, 3.05) is 16.8 Å². The van der Waals surface area contributed by atoms with Crippen LogP contribution in [0.15, 0.2) is 48.5 Å². The highest BCUT2D eigenvalue weighted by atomic mass is 16.7. The van der Waals surface area contributed by atoms with Crippen molar-refractivity contribution >= 4 is 35.8 Å². The molecule has 3 fully saturated rings. The summed E-state index contributed by atoms with van der Waals surface area (Å²) in [5.41, 5.74) is 2.92. The molecule has 0 unspecified atom stereocenters. The minimum absolute atomic E-state index is 0.0791. The highest BCUT2D eigenvalue weighted by Crippen LogP contribution is 2.50. The Morgan fingerprint density at radius 3 is 2.14 bits per heavy atom. The lowest BCUT2D eigenvalue weighted by Crippen LogP contribution is -2.41. The molecule has 2 aliphatic heterocycles. The molecule has 0 atom stereocenters. The second-order valence-corrected chi connectivity index (χ2v) is 11.6. The number of benzene rings is 2. The van der Waals surface area contributed by atoms with Crippen LogP contribution >= 0.6 is 0 Å². The zero-order valence-electron chi connectivity index (χ0n) is 22.2. The van der Waals surface area contributed by atoms with Gasteiger partial charge in [0.25, 0.3) is 0 Å². The lowest BCUT2D eigenvalue weighted by molar-refractivity contribution is -0.129. The number of rotatable bonds is 5. The van der Waals surface area contributed by atoms with E-state index in [2.05, 4.69) is 38.1 Å². The fourth-order valence-electron chi connectivity index (χ4n) is 5.37. The Morgan fingerprint density at radius 1 is 0.919 bits per heavy atom. The number of hydrogen-bond donors (Lipinski definition) is 1. The second-order valence-electron chi connectivity index (χ2n) is 11.6. The largest absolute Gasteiger partial charge is 0.494 e. The molecule has 0 radical (unpaired) electrons. The molecule has 1 amide bonds. The maximum atomic E-state index is 12.9. The zero-order valence-corrected chi connectivity index (χ0v) is 22.2. The monoisotopic (exact) mass is 499 g/mol. The standard InChI is InChI=1S/C28H34BN5O3/c1-26(2)27(3,4)37-29(36-26)20-9-11-21(12-10-20)30-25-31-23(32-33(25)5)19-7-13-22(14-8-19)34-18-17-28(24(34)35)15-6-16-28/h7-14H,6,15-18H2,1-5H3,(H,30,31,32). The molecule has 1 N–H and O–H groups in total. The molecule has 6 rings (SSSR count). The number of amides is 1. The lowest BCUT2D eigenvalue weighted by Gasteiger charge is -2.36. The maximum absolute atomic E-state index is 12.9. The minimum Gasteiger partial charge on any atom is -0.399 e. The Kier molecular flexibility index (Phi) is 5.51. The van der Waals surface area contributed by atoms with Gasteiger partial charge in [-0.3, -0.25) is 4.79 Å². The molecule has 0 bridgehead atoms. The van der Waals surface area contributed by atoms with Crippen LogP contribution in [-0.4, -0.2) is 45.5 Å². The van der Waals surface area contributed by atoms with Crippen LogP contribution in [0.5, 0.6) is 0 Å². The van der Waals surface area contributed by atoms with Crippen LogP contribution < -0.4 is 15.7 Å². The molecule has 1 aliphatic carbocycles. The highest BCUT2D eigenvalue weighted by Gasteiger charge is 2.52. The van der Waals surface area contributed by atoms with E-state index in [1.54, 1.807) is 4.68 Å². The summed E-state index contributed by atoms with van der Waals surface area (Å²) in [7, 11) is 1.48. The van der Waals surface area contributed by atoms with E-state index in [1.807, 2.05) is 60.5 Å². The van der Waals surface area contributed by atoms with Gasteiger partial charge in [-0.05, 0) is 88.8 Å². The molecule has 192 valence electrons. The fourth-order valence-corrected chi connectivity index (χ4v) is 5.37. The van der Waals surface area contributed by atoms with Crippen LogP contribution in [0.1, 0.15) is 53.4 Å². The Balaban J connectivity index is 1.13. The molecular formula is C28H34BN5O3. The molecule has 3 aliphatic rings. The van der Waals surface area contributed by atoms with Gasteiger partial charge in [0.2, 0.25) is 11.9 Å². The van der Waals surface area contributed by atoms with E-state index >= 15 is 0 Å². The number of hydrogen-bond acceptors (Lipinski definition) is 6. The molecule has 37 heavy (non-hydrogen) atoms. The molecule has 8 nitrogen and oxygen atoms in total. The van der Waals surface area contributed by atoms with E-state index in [1.165, 1.54) is 6.42 Å². The van der Waals surface area contributed by atoms with Gasteiger partial charge in [-0.15, -0.1) is 5.10 Å². The summed E-state index contributed by atoms with van der Waals surface area (Å²) >= 11 is 0. The van der Waals surface area contributed by atoms with Gasteiger partial charge in [0.05, 0.1) is 16.6 Å². The fraction of sp³-hybridized carbons (Fsp3) is 0.464. The quantitative estimate of drug-likeness (QED) is 0.523. The Bertz CT molecular complexity index is 1310. The van der Waals surface area contributed by atoms with Crippen molar-refractivity contribution in [3.8, 4) is 11.4 Å². The number of aryl methyl sites for hydroxylation is 1. The smallest absolute Gasteiger partial charge is 0.399 e. The molecule has 2 aromatic carbocycles. The second kappa shape index (κ2) is 8.43. The number of carbonyl (C=O) groups is 1. The third kappa shape index (κ3) is 4.05. The number of aromatic nitrogens is 3. The molecule has 2 saturated heterocycles. The molecule has 1 aromatic heterocycles. The van der Waals surface area contributed by atoms with Gasteiger partial charge in [0, 0.05) is 30.5 Å². The van der Waals surface area contributed by atoms with Crippen LogP contribution in [0.25, 0.3) is 11.4 Å². The van der Waals surface area contributed by atoms with Crippen molar-refractivity contribution < 1.29 is 14.1 Å². The van der Waals surface area contributed by atoms with Crippen LogP contribution in [0, 0.1) is 5.41 Å². The van der Waals surface area contributed by atoms with Gasteiger partial charge in [-0.25, -0.2) is 4.68 Å². The average molecular weight is 499 g/mol. The molecule has 1 saturated carbocycles. The van der Waals surface area contributed by atoms with Gasteiger partial charge < -0.3 is 19.5 Å². The summed E-state index contributed by atoms with van der Waals surface area (Å²) < 4.78 is 14.0. The Hall–Kier alpha value is -3.17. The summed E-state index contributed by atoms with van der Waals surface area (Å²) in [6.07, 6.45) is 4.22. The van der Waals surface area contributed by atoms with Crippen molar-refractivity contribution in [2.45, 2.75) is 64.6 Å². The van der Waals surface area contributed by atoms with E-state index < -0.39 is 7.12 Å². The van der Waals surface area contributed by atoms with Crippen molar-refractivity contribution in [3.63, 3.8) is 0 Å². The van der Waals surface area contributed by atoms with E-state index in [9.17, 15) is 4.79 Å². The highest BCUT2D eigenvalue weighted by molar-refractivity contribution is 6.62. The van der Waals surface area contributed by atoms with Gasteiger partial charge in [-0.1, -0.05) is 18.6 Å². The summed E-state index contributed by atoms with van der Waals surface area (Å²) in [5.74, 6) is 1.57. The third-order valence-corrected chi connectivity index (χ3v) is 8.72. The zero-order chi connectivity index (χ0) is 26.0. The first-order valence-electron chi connectivity index (χ1n) is 13.1. The predicted molar refractivity (Wildman–Crippen MR) is 145 cm³/mol. The van der Waals surface area contributed by atoms with E-state index in [0.29, 0.717) is 17.7 Å². The summed E-state index contributed by atoms with van der Waals surface area (Å²) in [4.78, 5) is 19.6. The Labute approximate surface area is 218 Å². The third-order valence-electron chi connectivity index (χ3n) is 8.72. The van der Waals surface area contributed by atoms with Crippen LogP contribution in [-0.2, 0) is 21.2 Å². The molecule has 9 heteroatoms. The first-order chi connectivity index (χ1) is 17.6. The average Bonchev–Trinajstić information content (AvgIpc) is 3.45. The lowest BCUT2D eigenvalue weighted by atomic mass is 9.68. The number of nitrogens with one attached hydrogen (secondary N) is 1. The molecule has 3 aromatic rings. The van der Waals surface area contributed by atoms with E-state index in [4.69, 9.17) is 14.3 Å². The first-order valence-corrected chi connectivity index (χ1v) is 13.1. The van der Waals surface area contributed by atoms with E-state index in [-0.39, 0.29) is 16.6 Å². The van der Waals surface area contributed by atoms with Gasteiger partial charge in [-0.2, -0.15) is 4.98 Å². The topological polar surface area (TPSA) is 81.5 Å². The SMILES string of the molecule is Cn1nc(-c2ccc(N3CCC4(CCC4)C3=O)cc2)nc1Nc1ccc(B2OC(C)(C)C(C)(C)O2)cc1. The van der Waals surface area contributed by atoms with Crippen molar-refractivity contribution in [3.05, 3.63) is 48.5 Å². The van der Waals surface area contributed by atoms with Crippen molar-refractivity contribution in [1.29, 1.82) is 0 Å². The summed E-state index contributed by atoms with van der Waals surface area (Å²) in [5, 5.41) is 7.95. The van der Waals surface area contributed by atoms with Gasteiger partial charge >= 0.3 is 7.12 Å². The summed E-state index contributed by atoms with van der Waals surface area (Å²) in [6, 6.07) is 16.0. The van der Waals surface area contributed by atoms with Crippen molar-refractivity contribution in [1.82, 2.24) is 14.8 Å². The molecular weight excluding hydrogens is 465 g/mol. The van der Waals surface area contributed by atoms with Gasteiger partial charge in [0.1, 0.15) is 0 Å². The molecule has 3 heterocycles. The number of anilines is 3. The normalized spacial score (nSPS) is 21.5. The maximum Gasteiger partial charge on any atom is 0.494 e. The predicted octanol–water partition coefficient (Wildman–Crippen LogP) is 4.43. The van der Waals surface area contributed by atoms with E-state index in [0.717, 1.165) is 48.2 Å². The first kappa shape index (κ1) is 24.2. The number of nitrogens with zero attached hydrogens (tertiary/aromatic N) is 4. The minimum atomic E-state index is -0.390. The van der Waals surface area contributed by atoms with Crippen LogP contribution in [0.4, 0.5) is 17.3 Å². The van der Waals surface area contributed by atoms with Crippen molar-refractivity contribution in [2.24, 2.45) is 12.5 Å². The summed E-state index contributed by atoms with van der Waals surface area (Å²) in [6.45, 7) is 9.02. The Morgan fingerprint density at radius 2 is 1.57 bits per heavy atom. The van der Waals surface area contributed by atoms with Crippen LogP contribution in [0.3, 0.4) is 0 Å². The van der Waals surface area contributed by atoms with Crippen LogP contribution in [0.2, 0.25) is 0 Å². The van der Waals surface area contributed by atoms with Gasteiger partial charge in [0.15, 0.2) is 5.82 Å².